The van der Waals surface area contributed by atoms with E-state index in [9.17, 15) is 43.2 Å². The summed E-state index contributed by atoms with van der Waals surface area (Å²) < 4.78 is 68.6. The number of aliphatic hydroxyl groups is 1. The molecule has 0 heterocycles. The first-order chi connectivity index (χ1) is 47.4. The van der Waals surface area contributed by atoms with Crippen molar-refractivity contribution in [1.82, 2.24) is 0 Å². The first-order valence-corrected chi connectivity index (χ1v) is 44.0. The number of ether oxygens (including phenoxy) is 4. The van der Waals surface area contributed by atoms with Gasteiger partial charge in [-0.3, -0.25) is 37.3 Å². The van der Waals surface area contributed by atoms with E-state index in [-0.39, 0.29) is 25.7 Å². The van der Waals surface area contributed by atoms with Crippen LogP contribution in [0.5, 0.6) is 0 Å². The van der Waals surface area contributed by atoms with Gasteiger partial charge in [0, 0.05) is 25.7 Å². The lowest BCUT2D eigenvalue weighted by molar-refractivity contribution is -0.161. The number of hydrogen-bond acceptors (Lipinski definition) is 15. The smallest absolute Gasteiger partial charge is 0.462 e. The summed E-state index contributed by atoms with van der Waals surface area (Å²) >= 11 is 0. The second-order valence-corrected chi connectivity index (χ2v) is 32.3. The molecule has 0 aliphatic carbocycles. The molecule has 0 spiro atoms. The van der Waals surface area contributed by atoms with Gasteiger partial charge >= 0.3 is 39.5 Å². The van der Waals surface area contributed by atoms with Crippen molar-refractivity contribution >= 4 is 39.5 Å². The molecule has 0 aliphatic rings. The van der Waals surface area contributed by atoms with Gasteiger partial charge in [0.25, 0.3) is 0 Å². The average molecular weight is 1440 g/mol. The zero-order valence-electron chi connectivity index (χ0n) is 64.1. The lowest BCUT2D eigenvalue weighted by Gasteiger charge is -2.21. The van der Waals surface area contributed by atoms with Gasteiger partial charge in [-0.2, -0.15) is 0 Å². The molecule has 0 aromatic rings. The topological polar surface area (TPSA) is 237 Å². The molecule has 582 valence electrons. The van der Waals surface area contributed by atoms with Crippen molar-refractivity contribution < 1.29 is 80.2 Å². The van der Waals surface area contributed by atoms with Crippen LogP contribution in [0.4, 0.5) is 0 Å². The summed E-state index contributed by atoms with van der Waals surface area (Å²) in [6.07, 6.45) is 60.1. The van der Waals surface area contributed by atoms with Crippen molar-refractivity contribution in [1.29, 1.82) is 0 Å². The predicted octanol–water partition coefficient (Wildman–Crippen LogP) is 23.5. The van der Waals surface area contributed by atoms with E-state index >= 15 is 0 Å². The molecule has 0 bridgehead atoms. The highest BCUT2D eigenvalue weighted by Crippen LogP contribution is 2.45. The molecule has 0 aliphatic heterocycles. The fraction of sp³-hybridized carbons (Fsp3) is 0.949. The Morgan fingerprint density at radius 1 is 0.276 bits per heavy atom. The molecule has 0 aromatic carbocycles. The minimum atomic E-state index is -4.96. The number of aliphatic hydroxyl groups excluding tert-OH is 1. The van der Waals surface area contributed by atoms with Crippen LogP contribution in [0.2, 0.25) is 0 Å². The Hall–Kier alpha value is -1.94. The van der Waals surface area contributed by atoms with Gasteiger partial charge < -0.3 is 33.8 Å². The van der Waals surface area contributed by atoms with Gasteiger partial charge in [-0.15, -0.1) is 0 Å². The van der Waals surface area contributed by atoms with Crippen molar-refractivity contribution in [3.63, 3.8) is 0 Å². The zero-order valence-corrected chi connectivity index (χ0v) is 65.9. The highest BCUT2D eigenvalue weighted by molar-refractivity contribution is 7.47. The summed E-state index contributed by atoms with van der Waals surface area (Å²) in [5.74, 6) is -0.716. The Bertz CT molecular complexity index is 1890. The van der Waals surface area contributed by atoms with Crippen molar-refractivity contribution in [2.75, 3.05) is 39.6 Å². The van der Waals surface area contributed by atoms with E-state index < -0.39 is 97.5 Å². The molecule has 0 aromatic heterocycles. The fourth-order valence-electron chi connectivity index (χ4n) is 12.2. The molecule has 0 rings (SSSR count). The number of phosphoric ester groups is 2. The number of carbonyl (C=O) groups excluding carboxylic acids is 4. The molecule has 98 heavy (non-hydrogen) atoms. The average Bonchev–Trinajstić information content (AvgIpc) is 1.05. The summed E-state index contributed by atoms with van der Waals surface area (Å²) in [5, 5.41) is 10.6. The molecular formula is C79H154O17P2. The van der Waals surface area contributed by atoms with Gasteiger partial charge in [0.1, 0.15) is 19.3 Å². The van der Waals surface area contributed by atoms with Gasteiger partial charge in [0.2, 0.25) is 0 Å². The molecule has 0 radical (unpaired) electrons. The van der Waals surface area contributed by atoms with E-state index in [1.54, 1.807) is 0 Å². The normalized spacial score (nSPS) is 13.9. The van der Waals surface area contributed by atoms with Crippen LogP contribution in [-0.4, -0.2) is 96.7 Å². The minimum Gasteiger partial charge on any atom is -0.462 e. The van der Waals surface area contributed by atoms with Crippen molar-refractivity contribution in [2.45, 2.75) is 432 Å². The third-order valence-corrected chi connectivity index (χ3v) is 20.4. The lowest BCUT2D eigenvalue weighted by atomic mass is 10.0. The third kappa shape index (κ3) is 72.4. The monoisotopic (exact) mass is 1440 g/mol. The van der Waals surface area contributed by atoms with E-state index in [1.165, 1.54) is 225 Å². The molecule has 0 saturated carbocycles. The van der Waals surface area contributed by atoms with Crippen LogP contribution in [0.1, 0.15) is 414 Å². The van der Waals surface area contributed by atoms with E-state index in [1.807, 2.05) is 0 Å². The van der Waals surface area contributed by atoms with Gasteiger partial charge in [-0.1, -0.05) is 363 Å². The fourth-order valence-corrected chi connectivity index (χ4v) is 13.8. The van der Waals surface area contributed by atoms with Crippen molar-refractivity contribution in [3.05, 3.63) is 0 Å². The molecule has 2 unspecified atom stereocenters. The van der Waals surface area contributed by atoms with Gasteiger partial charge in [0.15, 0.2) is 12.2 Å². The van der Waals surface area contributed by atoms with Crippen molar-refractivity contribution in [2.24, 2.45) is 11.8 Å². The van der Waals surface area contributed by atoms with E-state index in [4.69, 9.17) is 37.0 Å². The third-order valence-electron chi connectivity index (χ3n) is 18.5. The second-order valence-electron chi connectivity index (χ2n) is 29.4. The SMILES string of the molecule is CCCCCCCCCCCCCCCCCCCCCCCC(=O)O[C@H](COC(=O)CCCCCCCCCCCCCCCCCCC)COP(=O)(O)OC[C@@H](O)COP(=O)(O)OC[C@@H](COC(=O)CCCCCCCCCC(C)C)OC(=O)CCCCCCCCCC(C)C. The van der Waals surface area contributed by atoms with Crippen LogP contribution in [0.15, 0.2) is 0 Å². The molecule has 0 amide bonds. The molecule has 0 fully saturated rings. The second kappa shape index (κ2) is 70.7. The standard InChI is InChI=1S/C79H154O17P2/c1-7-9-11-13-15-17-19-21-23-25-26-27-28-30-32-34-36-38-44-51-57-63-78(83)95-74(67-89-76(81)61-55-49-43-37-35-33-31-29-24-22-20-18-16-14-12-10-8-2)69-93-97(85,86)91-65-73(80)66-92-98(87,88)94-70-75(96-79(84)64-58-52-46-40-42-48-54-60-72(5)6)68-90-77(82)62-56-50-45-39-41-47-53-59-71(3)4/h71-75,80H,7-70H2,1-6H3,(H,85,86)(H,87,88)/t73-,74-,75-/m1/s1. The van der Waals surface area contributed by atoms with Crippen LogP contribution in [0, 0.1) is 11.8 Å². The minimum absolute atomic E-state index is 0.103. The summed E-state index contributed by atoms with van der Waals surface area (Å²) in [6, 6.07) is 0. The maximum atomic E-state index is 13.1. The summed E-state index contributed by atoms with van der Waals surface area (Å²) in [6.45, 7) is 9.49. The summed E-state index contributed by atoms with van der Waals surface area (Å²) in [7, 11) is -9.91. The first-order valence-electron chi connectivity index (χ1n) is 41.0. The molecule has 0 saturated heterocycles. The Kier molecular flexibility index (Phi) is 69.3. The van der Waals surface area contributed by atoms with E-state index in [2.05, 4.69) is 41.5 Å². The molecule has 5 atom stereocenters. The Morgan fingerprint density at radius 2 is 0.469 bits per heavy atom. The Morgan fingerprint density at radius 3 is 0.694 bits per heavy atom. The van der Waals surface area contributed by atoms with Crippen LogP contribution in [0.3, 0.4) is 0 Å². The number of rotatable bonds is 78. The quantitative estimate of drug-likeness (QED) is 0.0222. The Labute approximate surface area is 600 Å². The van der Waals surface area contributed by atoms with Gasteiger partial charge in [-0.25, -0.2) is 9.13 Å². The Balaban J connectivity index is 5.19. The van der Waals surface area contributed by atoms with Crippen molar-refractivity contribution in [3.8, 4) is 0 Å². The number of phosphoric acid groups is 2. The van der Waals surface area contributed by atoms with Crippen LogP contribution in [0.25, 0.3) is 0 Å². The first kappa shape index (κ1) is 96.1. The largest absolute Gasteiger partial charge is 0.472 e. The van der Waals surface area contributed by atoms with Crippen LogP contribution >= 0.6 is 15.6 Å². The van der Waals surface area contributed by atoms with Crippen LogP contribution in [-0.2, 0) is 65.4 Å². The van der Waals surface area contributed by atoms with Crippen LogP contribution < -0.4 is 0 Å². The van der Waals surface area contributed by atoms with Gasteiger partial charge in [0.05, 0.1) is 26.4 Å². The predicted molar refractivity (Wildman–Crippen MR) is 400 cm³/mol. The van der Waals surface area contributed by atoms with E-state index in [0.717, 1.165) is 96.3 Å². The molecule has 17 nitrogen and oxygen atoms in total. The highest BCUT2D eigenvalue weighted by Gasteiger charge is 2.30. The maximum Gasteiger partial charge on any atom is 0.472 e. The van der Waals surface area contributed by atoms with Gasteiger partial charge in [-0.05, 0) is 37.5 Å². The molecule has 3 N–H and O–H groups in total. The number of hydrogen-bond donors (Lipinski definition) is 3. The lowest BCUT2D eigenvalue weighted by Crippen LogP contribution is -2.30. The zero-order chi connectivity index (χ0) is 72.1. The number of unbranched alkanes of at least 4 members (excludes halogenated alkanes) is 48. The summed E-state index contributed by atoms with van der Waals surface area (Å²) in [4.78, 5) is 72.8. The maximum absolute atomic E-state index is 13.1. The molecule has 19 heteroatoms. The van der Waals surface area contributed by atoms with E-state index in [0.29, 0.717) is 37.5 Å². The number of carbonyl (C=O) groups is 4. The summed E-state index contributed by atoms with van der Waals surface area (Å²) in [5.41, 5.74) is 0. The highest BCUT2D eigenvalue weighted by atomic mass is 31.2. The number of esters is 4. The molecular weight excluding hydrogens is 1280 g/mol.